The van der Waals surface area contributed by atoms with Gasteiger partial charge in [-0.1, -0.05) is 20.3 Å². The maximum absolute atomic E-state index is 12.8. The Balaban J connectivity index is 1.59. The van der Waals surface area contributed by atoms with E-state index in [1.54, 1.807) is 0 Å². The molecule has 4 aliphatic rings. The van der Waals surface area contributed by atoms with Gasteiger partial charge in [-0.3, -0.25) is 20.4 Å². The zero-order valence-corrected chi connectivity index (χ0v) is 15.1. The van der Waals surface area contributed by atoms with Gasteiger partial charge in [-0.05, 0) is 62.2 Å². The van der Waals surface area contributed by atoms with Crippen LogP contribution in [-0.4, -0.2) is 23.9 Å². The van der Waals surface area contributed by atoms with E-state index >= 15 is 0 Å². The maximum atomic E-state index is 12.8. The second-order valence-corrected chi connectivity index (χ2v) is 8.51. The summed E-state index contributed by atoms with van der Waals surface area (Å²) in [5.41, 5.74) is 10.0. The predicted octanol–water partition coefficient (Wildman–Crippen LogP) is 1.43. The quantitative estimate of drug-likeness (QED) is 0.563. The fourth-order valence-corrected chi connectivity index (χ4v) is 5.57. The molecule has 4 aliphatic carbocycles. The number of amides is 4. The van der Waals surface area contributed by atoms with Crippen LogP contribution in [0, 0.1) is 29.1 Å². The molecule has 140 valence electrons. The Morgan fingerprint density at radius 3 is 2.00 bits per heavy atom. The van der Waals surface area contributed by atoms with E-state index in [0.29, 0.717) is 24.2 Å². The number of primary amides is 1. The van der Waals surface area contributed by atoms with Gasteiger partial charge >= 0.3 is 6.03 Å². The third kappa shape index (κ3) is 3.60. The van der Waals surface area contributed by atoms with Crippen LogP contribution >= 0.6 is 0 Å². The molecule has 0 saturated heterocycles. The highest BCUT2D eigenvalue weighted by molar-refractivity contribution is 5.90. The Morgan fingerprint density at radius 2 is 1.56 bits per heavy atom. The van der Waals surface area contributed by atoms with Gasteiger partial charge in [0, 0.05) is 0 Å². The molecule has 4 fully saturated rings. The molecule has 4 bridgehead atoms. The van der Waals surface area contributed by atoms with Crippen molar-refractivity contribution in [1.29, 1.82) is 0 Å². The lowest BCUT2D eigenvalue weighted by Gasteiger charge is -2.55. The van der Waals surface area contributed by atoms with Gasteiger partial charge in [-0.2, -0.15) is 0 Å². The Bertz CT molecular complexity index is 527. The molecule has 0 spiro atoms. The Morgan fingerprint density at radius 1 is 1.04 bits per heavy atom. The summed E-state index contributed by atoms with van der Waals surface area (Å²) in [6.07, 6.45) is 7.31. The first kappa shape index (κ1) is 18.0. The molecule has 4 saturated carbocycles. The molecule has 4 amide bonds. The van der Waals surface area contributed by atoms with E-state index in [1.165, 1.54) is 19.3 Å². The minimum absolute atomic E-state index is 0.0677. The van der Waals surface area contributed by atoms with Crippen LogP contribution in [0.4, 0.5) is 4.79 Å². The van der Waals surface area contributed by atoms with Gasteiger partial charge in [0.05, 0.1) is 5.41 Å². The van der Waals surface area contributed by atoms with Crippen molar-refractivity contribution in [1.82, 2.24) is 16.2 Å². The standard InChI is InChI=1S/C18H30N4O3/c1-3-10(2)14(20-17(19)25)15(23)21-22-16(24)18-7-11-4-12(8-18)6-13(5-11)9-18/h10-14H,3-9H2,1-2H3,(H,21,23)(H,22,24)(H3,19,20,25)/t10-,11?,12?,13?,14-,18?/m0/s1. The number of carbonyl (C=O) groups is 3. The third-order valence-corrected chi connectivity index (χ3v) is 6.61. The monoisotopic (exact) mass is 350 g/mol. The molecular weight excluding hydrogens is 320 g/mol. The zero-order valence-electron chi connectivity index (χ0n) is 15.1. The highest BCUT2D eigenvalue weighted by atomic mass is 16.2. The van der Waals surface area contributed by atoms with E-state index in [2.05, 4.69) is 16.2 Å². The molecule has 4 rings (SSSR count). The number of urea groups is 1. The maximum Gasteiger partial charge on any atom is 0.312 e. The summed E-state index contributed by atoms with van der Waals surface area (Å²) in [5, 5.41) is 2.46. The van der Waals surface area contributed by atoms with Gasteiger partial charge in [0.25, 0.3) is 5.91 Å². The lowest BCUT2D eigenvalue weighted by Crippen LogP contribution is -2.60. The van der Waals surface area contributed by atoms with E-state index in [0.717, 1.165) is 19.3 Å². The largest absolute Gasteiger partial charge is 0.352 e. The first-order valence-electron chi connectivity index (χ1n) is 9.49. The van der Waals surface area contributed by atoms with Crippen LogP contribution in [-0.2, 0) is 9.59 Å². The fourth-order valence-electron chi connectivity index (χ4n) is 5.57. The van der Waals surface area contributed by atoms with Gasteiger partial charge in [0.2, 0.25) is 5.91 Å². The molecule has 0 heterocycles. The van der Waals surface area contributed by atoms with Crippen molar-refractivity contribution in [3.05, 3.63) is 0 Å². The molecule has 7 nitrogen and oxygen atoms in total. The summed E-state index contributed by atoms with van der Waals surface area (Å²) in [6, 6.07) is -1.49. The van der Waals surface area contributed by atoms with Crippen LogP contribution in [0.25, 0.3) is 0 Å². The smallest absolute Gasteiger partial charge is 0.312 e. The van der Waals surface area contributed by atoms with E-state index in [9.17, 15) is 14.4 Å². The minimum atomic E-state index is -0.751. The van der Waals surface area contributed by atoms with Crippen LogP contribution in [0.1, 0.15) is 58.8 Å². The lowest BCUT2D eigenvalue weighted by atomic mass is 9.49. The van der Waals surface area contributed by atoms with Crippen molar-refractivity contribution in [2.24, 2.45) is 34.8 Å². The first-order valence-corrected chi connectivity index (χ1v) is 9.49. The summed E-state index contributed by atoms with van der Waals surface area (Å²) in [6.45, 7) is 3.79. The van der Waals surface area contributed by atoms with Gasteiger partial charge in [-0.25, -0.2) is 4.79 Å². The molecule has 7 heteroatoms. The molecule has 0 aromatic carbocycles. The molecule has 0 aliphatic heterocycles. The van der Waals surface area contributed by atoms with Crippen LogP contribution in [0.15, 0.2) is 0 Å². The SMILES string of the molecule is CC[C@H](C)[C@H](NC(N)=O)C(=O)NNC(=O)C12CC3CC(CC(C3)C1)C2. The molecule has 5 N–H and O–H groups in total. The molecule has 25 heavy (non-hydrogen) atoms. The molecule has 0 aromatic heterocycles. The number of hydrogen-bond donors (Lipinski definition) is 4. The van der Waals surface area contributed by atoms with E-state index < -0.39 is 18.0 Å². The number of rotatable bonds is 5. The zero-order chi connectivity index (χ0) is 18.2. The summed E-state index contributed by atoms with van der Waals surface area (Å²) in [4.78, 5) is 36.4. The highest BCUT2D eigenvalue weighted by Crippen LogP contribution is 2.59. The summed E-state index contributed by atoms with van der Waals surface area (Å²) in [5.74, 6) is 1.42. The summed E-state index contributed by atoms with van der Waals surface area (Å²) < 4.78 is 0. The summed E-state index contributed by atoms with van der Waals surface area (Å²) >= 11 is 0. The average molecular weight is 350 g/mol. The van der Waals surface area contributed by atoms with Gasteiger partial charge in [0.1, 0.15) is 6.04 Å². The van der Waals surface area contributed by atoms with Crippen molar-refractivity contribution in [3.63, 3.8) is 0 Å². The molecule has 2 atom stereocenters. The van der Waals surface area contributed by atoms with Crippen molar-refractivity contribution in [2.45, 2.75) is 64.8 Å². The Kier molecular flexibility index (Phi) is 4.93. The van der Waals surface area contributed by atoms with Crippen molar-refractivity contribution in [2.75, 3.05) is 0 Å². The molecular formula is C18H30N4O3. The van der Waals surface area contributed by atoms with Crippen LogP contribution in [0.5, 0.6) is 0 Å². The highest BCUT2D eigenvalue weighted by Gasteiger charge is 2.54. The van der Waals surface area contributed by atoms with Crippen molar-refractivity contribution < 1.29 is 14.4 Å². The van der Waals surface area contributed by atoms with Crippen LogP contribution < -0.4 is 21.9 Å². The number of hydrogen-bond acceptors (Lipinski definition) is 3. The van der Waals surface area contributed by atoms with Crippen molar-refractivity contribution in [3.8, 4) is 0 Å². The van der Waals surface area contributed by atoms with Gasteiger partial charge in [0.15, 0.2) is 0 Å². The van der Waals surface area contributed by atoms with Gasteiger partial charge < -0.3 is 11.1 Å². The minimum Gasteiger partial charge on any atom is -0.352 e. The predicted molar refractivity (Wildman–Crippen MR) is 92.9 cm³/mol. The topological polar surface area (TPSA) is 113 Å². The number of nitrogens with one attached hydrogen (secondary N) is 3. The Labute approximate surface area is 148 Å². The fraction of sp³-hybridized carbons (Fsp3) is 0.833. The molecule has 0 radical (unpaired) electrons. The number of carbonyl (C=O) groups excluding carboxylic acids is 3. The lowest BCUT2D eigenvalue weighted by molar-refractivity contribution is -0.149. The molecule has 0 unspecified atom stereocenters. The first-order chi connectivity index (χ1) is 11.8. The van der Waals surface area contributed by atoms with Crippen LogP contribution in [0.3, 0.4) is 0 Å². The summed E-state index contributed by atoms with van der Waals surface area (Å²) in [7, 11) is 0. The van der Waals surface area contributed by atoms with E-state index in [1.807, 2.05) is 13.8 Å². The second kappa shape index (κ2) is 6.84. The number of nitrogens with two attached hydrogens (primary N) is 1. The average Bonchev–Trinajstić information content (AvgIpc) is 2.55. The Hall–Kier alpha value is -1.79. The van der Waals surface area contributed by atoms with E-state index in [-0.39, 0.29) is 17.2 Å². The third-order valence-electron chi connectivity index (χ3n) is 6.61. The normalized spacial score (nSPS) is 34.9. The van der Waals surface area contributed by atoms with Gasteiger partial charge in [-0.15, -0.1) is 0 Å². The molecule has 0 aromatic rings. The van der Waals surface area contributed by atoms with E-state index in [4.69, 9.17) is 5.73 Å². The second-order valence-electron chi connectivity index (χ2n) is 8.51. The van der Waals surface area contributed by atoms with Crippen LogP contribution in [0.2, 0.25) is 0 Å². The van der Waals surface area contributed by atoms with Crippen molar-refractivity contribution >= 4 is 17.8 Å². The number of hydrazine groups is 1.